The second-order valence-electron chi connectivity index (χ2n) is 4.86. The monoisotopic (exact) mass is 223 g/mol. The number of aryl methyl sites for hydroxylation is 1. The molecular formula is C13H25N3. The van der Waals surface area contributed by atoms with Gasteiger partial charge in [0.25, 0.3) is 0 Å². The zero-order valence-electron chi connectivity index (χ0n) is 11.1. The molecule has 0 atom stereocenters. The van der Waals surface area contributed by atoms with Crippen LogP contribution in [0.4, 0.5) is 0 Å². The molecule has 1 aromatic heterocycles. The highest BCUT2D eigenvalue weighted by atomic mass is 15.3. The van der Waals surface area contributed by atoms with Crippen molar-refractivity contribution in [2.45, 2.75) is 53.6 Å². The first-order chi connectivity index (χ1) is 7.65. The number of hydrogen-bond donors (Lipinski definition) is 1. The molecule has 16 heavy (non-hydrogen) atoms. The lowest BCUT2D eigenvalue weighted by Gasteiger charge is -2.07. The van der Waals surface area contributed by atoms with Gasteiger partial charge in [0.2, 0.25) is 0 Å². The summed E-state index contributed by atoms with van der Waals surface area (Å²) >= 11 is 0. The van der Waals surface area contributed by atoms with E-state index in [1.807, 2.05) is 6.20 Å². The fourth-order valence-electron chi connectivity index (χ4n) is 1.69. The molecule has 0 spiro atoms. The molecule has 3 heteroatoms. The normalized spacial score (nSPS) is 11.3. The number of aromatic nitrogens is 2. The molecule has 0 saturated carbocycles. The van der Waals surface area contributed by atoms with Crippen molar-refractivity contribution >= 4 is 0 Å². The molecule has 0 amide bonds. The van der Waals surface area contributed by atoms with Crippen molar-refractivity contribution in [2.75, 3.05) is 6.54 Å². The predicted octanol–water partition coefficient (Wildman–Crippen LogP) is 2.74. The molecule has 0 fully saturated rings. The second-order valence-corrected chi connectivity index (χ2v) is 4.86. The average molecular weight is 223 g/mol. The largest absolute Gasteiger partial charge is 0.312 e. The molecule has 0 unspecified atom stereocenters. The average Bonchev–Trinajstić information content (AvgIpc) is 2.57. The van der Waals surface area contributed by atoms with Crippen LogP contribution in [0.5, 0.6) is 0 Å². The third-order valence-corrected chi connectivity index (χ3v) is 2.80. The van der Waals surface area contributed by atoms with Gasteiger partial charge < -0.3 is 5.32 Å². The fraction of sp³-hybridized carbons (Fsp3) is 0.769. The Balaban J connectivity index is 2.45. The minimum absolute atomic E-state index is 0.704. The van der Waals surface area contributed by atoms with E-state index in [1.54, 1.807) is 0 Å². The van der Waals surface area contributed by atoms with Crippen LogP contribution in [-0.4, -0.2) is 16.3 Å². The summed E-state index contributed by atoms with van der Waals surface area (Å²) in [6.45, 7) is 11.9. The van der Waals surface area contributed by atoms with Crippen molar-refractivity contribution in [1.82, 2.24) is 15.1 Å². The zero-order valence-corrected chi connectivity index (χ0v) is 11.1. The Morgan fingerprint density at radius 2 is 2.19 bits per heavy atom. The Morgan fingerprint density at radius 3 is 2.81 bits per heavy atom. The van der Waals surface area contributed by atoms with Gasteiger partial charge in [-0.25, -0.2) is 0 Å². The van der Waals surface area contributed by atoms with Crippen LogP contribution in [0.15, 0.2) is 6.20 Å². The summed E-state index contributed by atoms with van der Waals surface area (Å²) in [6, 6.07) is 0. The van der Waals surface area contributed by atoms with E-state index in [0.717, 1.165) is 19.6 Å². The Hall–Kier alpha value is -0.830. The minimum Gasteiger partial charge on any atom is -0.312 e. The molecule has 0 aliphatic heterocycles. The Bertz CT molecular complexity index is 302. The zero-order chi connectivity index (χ0) is 12.0. The van der Waals surface area contributed by atoms with E-state index in [2.05, 4.69) is 42.8 Å². The highest BCUT2D eigenvalue weighted by Crippen LogP contribution is 2.08. The van der Waals surface area contributed by atoms with Gasteiger partial charge in [0.05, 0.1) is 6.20 Å². The molecule has 0 saturated heterocycles. The van der Waals surface area contributed by atoms with Crippen molar-refractivity contribution in [3.05, 3.63) is 17.5 Å². The smallest absolute Gasteiger partial charge is 0.0537 e. The number of hydrogen-bond acceptors (Lipinski definition) is 2. The third-order valence-electron chi connectivity index (χ3n) is 2.80. The van der Waals surface area contributed by atoms with Crippen LogP contribution >= 0.6 is 0 Å². The molecule has 1 rings (SSSR count). The van der Waals surface area contributed by atoms with Gasteiger partial charge in [-0.3, -0.25) is 4.68 Å². The maximum Gasteiger partial charge on any atom is 0.0537 e. The quantitative estimate of drug-likeness (QED) is 0.770. The molecule has 1 N–H and O–H groups in total. The maximum absolute atomic E-state index is 4.43. The summed E-state index contributed by atoms with van der Waals surface area (Å²) < 4.78 is 2.12. The van der Waals surface area contributed by atoms with Crippen molar-refractivity contribution in [3.8, 4) is 0 Å². The number of nitrogens with one attached hydrogen (secondary N) is 1. The lowest BCUT2D eigenvalue weighted by molar-refractivity contribution is 0.544. The molecule has 0 aliphatic rings. The van der Waals surface area contributed by atoms with E-state index in [9.17, 15) is 0 Å². The molecule has 0 bridgehead atoms. The van der Waals surface area contributed by atoms with Gasteiger partial charge in [-0.15, -0.1) is 0 Å². The van der Waals surface area contributed by atoms with Gasteiger partial charge in [0.15, 0.2) is 0 Å². The molecule has 0 aromatic carbocycles. The van der Waals surface area contributed by atoms with Crippen LogP contribution in [0, 0.1) is 12.8 Å². The van der Waals surface area contributed by atoms with E-state index in [0.29, 0.717) is 5.92 Å². The van der Waals surface area contributed by atoms with E-state index < -0.39 is 0 Å². The van der Waals surface area contributed by atoms with Crippen LogP contribution in [0.25, 0.3) is 0 Å². The summed E-state index contributed by atoms with van der Waals surface area (Å²) in [5.74, 6) is 0.704. The second kappa shape index (κ2) is 6.69. The van der Waals surface area contributed by atoms with E-state index in [4.69, 9.17) is 0 Å². The first-order valence-electron chi connectivity index (χ1n) is 6.37. The maximum atomic E-state index is 4.43. The Kier molecular flexibility index (Phi) is 5.53. The molecule has 1 heterocycles. The van der Waals surface area contributed by atoms with Gasteiger partial charge in [-0.05, 0) is 25.8 Å². The highest BCUT2D eigenvalue weighted by molar-refractivity contribution is 5.15. The predicted molar refractivity (Wildman–Crippen MR) is 68.4 cm³/mol. The number of unbranched alkanes of at least 4 members (excludes halogenated alkanes) is 1. The topological polar surface area (TPSA) is 29.9 Å². The van der Waals surface area contributed by atoms with Gasteiger partial charge in [0, 0.05) is 24.3 Å². The fourth-order valence-corrected chi connectivity index (χ4v) is 1.69. The lowest BCUT2D eigenvalue weighted by atomic mass is 10.2. The van der Waals surface area contributed by atoms with Crippen molar-refractivity contribution in [2.24, 2.45) is 5.92 Å². The van der Waals surface area contributed by atoms with Gasteiger partial charge in [-0.2, -0.15) is 5.10 Å². The summed E-state index contributed by atoms with van der Waals surface area (Å²) in [4.78, 5) is 0. The molecule has 0 aliphatic carbocycles. The van der Waals surface area contributed by atoms with E-state index >= 15 is 0 Å². The van der Waals surface area contributed by atoms with Crippen LogP contribution in [0.3, 0.4) is 0 Å². The summed E-state index contributed by atoms with van der Waals surface area (Å²) in [7, 11) is 0. The molecule has 3 nitrogen and oxygen atoms in total. The number of rotatable bonds is 7. The van der Waals surface area contributed by atoms with Gasteiger partial charge in [-0.1, -0.05) is 27.2 Å². The van der Waals surface area contributed by atoms with E-state index in [1.165, 1.54) is 24.1 Å². The van der Waals surface area contributed by atoms with Crippen molar-refractivity contribution < 1.29 is 0 Å². The SMILES string of the molecule is CCCCn1ncc(CNCC(C)C)c1C. The molecule has 1 aromatic rings. The van der Waals surface area contributed by atoms with Crippen LogP contribution < -0.4 is 5.32 Å². The summed E-state index contributed by atoms with van der Waals surface area (Å²) in [6.07, 6.45) is 4.43. The van der Waals surface area contributed by atoms with Gasteiger partial charge >= 0.3 is 0 Å². The number of nitrogens with zero attached hydrogens (tertiary/aromatic N) is 2. The molecular weight excluding hydrogens is 198 g/mol. The van der Waals surface area contributed by atoms with E-state index in [-0.39, 0.29) is 0 Å². The molecule has 92 valence electrons. The Morgan fingerprint density at radius 1 is 1.44 bits per heavy atom. The van der Waals surface area contributed by atoms with Crippen LogP contribution in [-0.2, 0) is 13.1 Å². The lowest BCUT2D eigenvalue weighted by Crippen LogP contribution is -2.19. The van der Waals surface area contributed by atoms with Crippen LogP contribution in [0.1, 0.15) is 44.9 Å². The van der Waals surface area contributed by atoms with Crippen molar-refractivity contribution in [1.29, 1.82) is 0 Å². The Labute approximate surface area is 99.2 Å². The summed E-state index contributed by atoms with van der Waals surface area (Å²) in [5, 5.41) is 7.89. The van der Waals surface area contributed by atoms with Crippen LogP contribution in [0.2, 0.25) is 0 Å². The van der Waals surface area contributed by atoms with Crippen molar-refractivity contribution in [3.63, 3.8) is 0 Å². The summed E-state index contributed by atoms with van der Waals surface area (Å²) in [5.41, 5.74) is 2.64. The first-order valence-corrected chi connectivity index (χ1v) is 6.37. The highest BCUT2D eigenvalue weighted by Gasteiger charge is 2.05. The minimum atomic E-state index is 0.704. The first kappa shape index (κ1) is 13.2. The molecule has 0 radical (unpaired) electrons. The standard InChI is InChI=1S/C13H25N3/c1-5-6-7-16-12(4)13(10-15-16)9-14-8-11(2)3/h10-11,14H,5-9H2,1-4H3. The third kappa shape index (κ3) is 3.97. The van der Waals surface area contributed by atoms with Gasteiger partial charge in [0.1, 0.15) is 0 Å².